The molecule has 0 aromatic rings. The van der Waals surface area contributed by atoms with Gasteiger partial charge in [-0.15, -0.1) is 0 Å². The zero-order valence-corrected chi connectivity index (χ0v) is 9.36. The van der Waals surface area contributed by atoms with Gasteiger partial charge in [-0.25, -0.2) is 9.78 Å². The van der Waals surface area contributed by atoms with Gasteiger partial charge in [0.15, 0.2) is 0 Å². The highest BCUT2D eigenvalue weighted by Gasteiger charge is 2.48. The van der Waals surface area contributed by atoms with E-state index in [1.54, 1.807) is 0 Å². The lowest BCUT2D eigenvalue weighted by Gasteiger charge is -2.22. The number of hydrogen-bond donors (Lipinski definition) is 0. The maximum absolute atomic E-state index is 5.23. The molecule has 0 amide bonds. The third-order valence-corrected chi connectivity index (χ3v) is 2.90. The van der Waals surface area contributed by atoms with E-state index in [4.69, 9.17) is 18.0 Å². The van der Waals surface area contributed by atoms with E-state index in [1.165, 1.54) is 21.3 Å². The van der Waals surface area contributed by atoms with Gasteiger partial charge >= 0.3 is 9.05 Å². The second kappa shape index (κ2) is 7.39. The van der Waals surface area contributed by atoms with E-state index in [0.29, 0.717) is 6.61 Å². The molecule has 0 saturated heterocycles. The first-order valence-electron chi connectivity index (χ1n) is 3.87. The normalized spacial score (nSPS) is 12.0. The molecular weight excluding hydrogens is 196 g/mol. The Labute approximate surface area is 79.0 Å². The Bertz CT molecular complexity index is 116. The molecular formula is C6H16O6Si. The molecule has 0 bridgehead atoms. The van der Waals surface area contributed by atoms with Crippen LogP contribution in [0.25, 0.3) is 0 Å². The molecule has 0 fully saturated rings. The van der Waals surface area contributed by atoms with E-state index in [-0.39, 0.29) is 0 Å². The van der Waals surface area contributed by atoms with Crippen LogP contribution >= 0.6 is 0 Å². The van der Waals surface area contributed by atoms with Crippen LogP contribution in [0.5, 0.6) is 0 Å². The van der Waals surface area contributed by atoms with E-state index < -0.39 is 9.05 Å². The zero-order valence-electron chi connectivity index (χ0n) is 8.36. The average Bonchev–Trinajstić information content (AvgIpc) is 2.15. The van der Waals surface area contributed by atoms with Gasteiger partial charge in [0.2, 0.25) is 0 Å². The molecule has 80 valence electrons. The monoisotopic (exact) mass is 212 g/mol. The van der Waals surface area contributed by atoms with Crippen molar-refractivity contribution >= 4 is 9.05 Å². The topological polar surface area (TPSA) is 55.4 Å². The molecule has 0 aliphatic heterocycles. The van der Waals surface area contributed by atoms with Gasteiger partial charge in [0, 0.05) is 13.7 Å². The van der Waals surface area contributed by atoms with Gasteiger partial charge in [0.1, 0.15) is 0 Å². The van der Waals surface area contributed by atoms with Crippen LogP contribution < -0.4 is 0 Å². The van der Waals surface area contributed by atoms with Crippen LogP contribution in [0, 0.1) is 0 Å². The Kier molecular flexibility index (Phi) is 7.37. The van der Waals surface area contributed by atoms with Crippen LogP contribution in [-0.4, -0.2) is 37.0 Å². The van der Waals surface area contributed by atoms with Crippen molar-refractivity contribution in [2.75, 3.05) is 27.9 Å². The summed E-state index contributed by atoms with van der Waals surface area (Å²) in [6.07, 6.45) is 0.818. The molecule has 0 saturated carbocycles. The molecule has 0 radical (unpaired) electrons. The van der Waals surface area contributed by atoms with Crippen LogP contribution in [0.2, 0.25) is 0 Å². The zero-order chi connectivity index (χ0) is 10.2. The van der Waals surface area contributed by atoms with Gasteiger partial charge in [-0.3, -0.25) is 0 Å². The first-order chi connectivity index (χ1) is 6.24. The Morgan fingerprint density at radius 3 is 1.85 bits per heavy atom. The maximum Gasteiger partial charge on any atom is 0.735 e. The molecule has 0 aromatic heterocycles. The molecule has 0 aromatic carbocycles. The lowest BCUT2D eigenvalue weighted by atomic mass is 10.5. The summed E-state index contributed by atoms with van der Waals surface area (Å²) in [4.78, 5) is 8.91. The average molecular weight is 212 g/mol. The van der Waals surface area contributed by atoms with E-state index in [9.17, 15) is 0 Å². The van der Waals surface area contributed by atoms with Crippen molar-refractivity contribution in [2.24, 2.45) is 0 Å². The Hall–Kier alpha value is -0.0231. The van der Waals surface area contributed by atoms with Crippen molar-refractivity contribution in [1.29, 1.82) is 0 Å². The third-order valence-electron chi connectivity index (χ3n) is 1.10. The largest absolute Gasteiger partial charge is 0.735 e. The predicted molar refractivity (Wildman–Crippen MR) is 45.2 cm³/mol. The standard InChI is InChI=1S/C6H16O6Si/c1-5-6-10-13(9-4,11-7-2)12-8-3/h5-6H2,1-4H3. The second-order valence-electron chi connectivity index (χ2n) is 2.05. The molecule has 0 rings (SSSR count). The minimum Gasteiger partial charge on any atom is -0.352 e. The molecule has 0 atom stereocenters. The van der Waals surface area contributed by atoms with Gasteiger partial charge in [0.05, 0.1) is 14.2 Å². The molecule has 0 unspecified atom stereocenters. The first-order valence-corrected chi connectivity index (χ1v) is 5.50. The smallest absolute Gasteiger partial charge is 0.352 e. The van der Waals surface area contributed by atoms with Gasteiger partial charge in [-0.05, 0) is 6.42 Å². The van der Waals surface area contributed by atoms with Crippen LogP contribution in [0.3, 0.4) is 0 Å². The summed E-state index contributed by atoms with van der Waals surface area (Å²) < 4.78 is 19.7. The summed E-state index contributed by atoms with van der Waals surface area (Å²) in [5.41, 5.74) is 0. The molecule has 0 spiro atoms. The predicted octanol–water partition coefficient (Wildman–Crippen LogP) is 0.651. The van der Waals surface area contributed by atoms with E-state index in [0.717, 1.165) is 6.42 Å². The fourth-order valence-corrected chi connectivity index (χ4v) is 1.86. The van der Waals surface area contributed by atoms with Crippen molar-refractivity contribution in [3.05, 3.63) is 0 Å². The fraction of sp³-hybridized carbons (Fsp3) is 1.00. The summed E-state index contributed by atoms with van der Waals surface area (Å²) in [5.74, 6) is 0. The summed E-state index contributed by atoms with van der Waals surface area (Å²) in [7, 11) is 0.853. The number of hydrogen-bond acceptors (Lipinski definition) is 6. The van der Waals surface area contributed by atoms with Gasteiger partial charge in [0.25, 0.3) is 0 Å². The molecule has 0 N–H and O–H groups in total. The van der Waals surface area contributed by atoms with E-state index in [2.05, 4.69) is 9.78 Å². The Balaban J connectivity index is 4.07. The highest BCUT2D eigenvalue weighted by Crippen LogP contribution is 2.11. The van der Waals surface area contributed by atoms with Crippen molar-refractivity contribution in [3.8, 4) is 0 Å². The Morgan fingerprint density at radius 2 is 1.54 bits per heavy atom. The van der Waals surface area contributed by atoms with Crippen molar-refractivity contribution in [1.82, 2.24) is 0 Å². The van der Waals surface area contributed by atoms with Crippen molar-refractivity contribution < 1.29 is 27.8 Å². The fourth-order valence-electron chi connectivity index (χ4n) is 0.620. The molecule has 6 nitrogen and oxygen atoms in total. The minimum absolute atomic E-state index is 0.451. The highest BCUT2D eigenvalue weighted by atomic mass is 28.4. The van der Waals surface area contributed by atoms with Gasteiger partial charge < -0.3 is 8.85 Å². The summed E-state index contributed by atoms with van der Waals surface area (Å²) in [5, 5.41) is 0. The summed E-state index contributed by atoms with van der Waals surface area (Å²) >= 11 is 0. The molecule has 7 heteroatoms. The van der Waals surface area contributed by atoms with Crippen LogP contribution in [0.1, 0.15) is 13.3 Å². The summed E-state index contributed by atoms with van der Waals surface area (Å²) in [6, 6.07) is 0. The molecule has 13 heavy (non-hydrogen) atoms. The minimum atomic E-state index is -3.23. The van der Waals surface area contributed by atoms with Gasteiger partial charge in [-0.1, -0.05) is 6.92 Å². The SMILES string of the molecule is CCCO[Si](OC)(OOC)OOC. The van der Waals surface area contributed by atoms with E-state index >= 15 is 0 Å². The van der Waals surface area contributed by atoms with Crippen LogP contribution in [-0.2, 0) is 27.8 Å². The lowest BCUT2D eigenvalue weighted by Crippen LogP contribution is -2.48. The summed E-state index contributed by atoms with van der Waals surface area (Å²) in [6.45, 7) is 2.40. The van der Waals surface area contributed by atoms with Crippen LogP contribution in [0.15, 0.2) is 0 Å². The number of rotatable bonds is 8. The molecule has 0 heterocycles. The molecule has 0 aliphatic carbocycles. The van der Waals surface area contributed by atoms with Crippen LogP contribution in [0.4, 0.5) is 0 Å². The maximum atomic E-state index is 5.23. The van der Waals surface area contributed by atoms with Gasteiger partial charge in [-0.2, -0.15) is 9.15 Å². The quantitative estimate of drug-likeness (QED) is 0.334. The first kappa shape index (κ1) is 13.0. The molecule has 0 aliphatic rings. The van der Waals surface area contributed by atoms with Crippen molar-refractivity contribution in [2.45, 2.75) is 13.3 Å². The third kappa shape index (κ3) is 4.67. The van der Waals surface area contributed by atoms with E-state index in [1.807, 2.05) is 6.92 Å². The lowest BCUT2D eigenvalue weighted by molar-refractivity contribution is -0.319. The Morgan fingerprint density at radius 1 is 1.00 bits per heavy atom. The highest BCUT2D eigenvalue weighted by molar-refractivity contribution is 6.52. The van der Waals surface area contributed by atoms with Crippen molar-refractivity contribution in [3.63, 3.8) is 0 Å². The second-order valence-corrected chi connectivity index (χ2v) is 4.08.